The molecule has 0 radical (unpaired) electrons. The molecule has 0 saturated carbocycles. The fourth-order valence-electron chi connectivity index (χ4n) is 3.09. The smallest absolute Gasteiger partial charge is 0.0973 e. The molecule has 1 nitrogen and oxygen atoms in total. The number of rotatable bonds is 6. The predicted molar refractivity (Wildman–Crippen MR) is 81.5 cm³/mol. The van der Waals surface area contributed by atoms with Crippen molar-refractivity contribution in [3.05, 3.63) is 47.0 Å². The van der Waals surface area contributed by atoms with Crippen LogP contribution in [0.2, 0.25) is 0 Å². The van der Waals surface area contributed by atoms with Crippen LogP contribution in [0.3, 0.4) is 0 Å². The molecule has 0 aliphatic heterocycles. The van der Waals surface area contributed by atoms with Crippen LogP contribution in [0.15, 0.2) is 30.4 Å². The van der Waals surface area contributed by atoms with E-state index in [2.05, 4.69) is 45.5 Å². The first-order valence-corrected chi connectivity index (χ1v) is 7.46. The van der Waals surface area contributed by atoms with Gasteiger partial charge in [0, 0.05) is 13.0 Å². The van der Waals surface area contributed by atoms with Crippen molar-refractivity contribution in [2.24, 2.45) is 0 Å². The van der Waals surface area contributed by atoms with Crippen molar-refractivity contribution in [2.75, 3.05) is 6.61 Å². The Bertz CT molecular complexity index is 461. The number of unbranched alkanes of at least 4 members (excludes halogenated alkanes) is 1. The average molecular weight is 258 g/mol. The molecule has 1 atom stereocenters. The summed E-state index contributed by atoms with van der Waals surface area (Å²) in [5.41, 5.74) is 5.30. The van der Waals surface area contributed by atoms with Gasteiger partial charge in [-0.25, -0.2) is 0 Å². The van der Waals surface area contributed by atoms with Gasteiger partial charge in [-0.1, -0.05) is 42.7 Å². The maximum absolute atomic E-state index is 6.36. The maximum atomic E-state index is 6.36. The lowest BCUT2D eigenvalue weighted by Gasteiger charge is -2.31. The van der Waals surface area contributed by atoms with Gasteiger partial charge in [-0.05, 0) is 44.2 Å². The highest BCUT2D eigenvalue weighted by Crippen LogP contribution is 2.44. The van der Waals surface area contributed by atoms with Gasteiger partial charge in [0.05, 0.1) is 5.60 Å². The molecular formula is C18H26O. The summed E-state index contributed by atoms with van der Waals surface area (Å²) in [4.78, 5) is 0. The van der Waals surface area contributed by atoms with E-state index in [1.54, 1.807) is 0 Å². The second-order valence-electron chi connectivity index (χ2n) is 5.99. The molecule has 1 aromatic rings. The molecule has 1 heteroatoms. The highest BCUT2D eigenvalue weighted by molar-refractivity contribution is 5.41. The van der Waals surface area contributed by atoms with Gasteiger partial charge in [-0.3, -0.25) is 0 Å². The summed E-state index contributed by atoms with van der Waals surface area (Å²) < 4.78 is 6.36. The summed E-state index contributed by atoms with van der Waals surface area (Å²) in [6.07, 6.45) is 5.51. The zero-order valence-corrected chi connectivity index (χ0v) is 12.6. The molecule has 0 heterocycles. The number of hydrogen-bond donors (Lipinski definition) is 0. The van der Waals surface area contributed by atoms with Crippen LogP contribution in [-0.2, 0) is 16.8 Å². The molecule has 2 rings (SSSR count). The Morgan fingerprint density at radius 3 is 2.89 bits per heavy atom. The molecular weight excluding hydrogens is 232 g/mol. The third-order valence-electron chi connectivity index (χ3n) is 4.02. The van der Waals surface area contributed by atoms with Crippen molar-refractivity contribution in [2.45, 2.75) is 58.5 Å². The van der Waals surface area contributed by atoms with Gasteiger partial charge in [0.25, 0.3) is 0 Å². The maximum Gasteiger partial charge on any atom is 0.0973 e. The molecule has 1 aromatic carbocycles. The molecule has 1 aliphatic carbocycles. The van der Waals surface area contributed by atoms with E-state index < -0.39 is 0 Å². The Labute approximate surface area is 117 Å². The van der Waals surface area contributed by atoms with E-state index in [1.165, 1.54) is 28.7 Å². The van der Waals surface area contributed by atoms with Crippen molar-refractivity contribution in [3.8, 4) is 0 Å². The first-order chi connectivity index (χ1) is 9.07. The molecule has 0 fully saturated rings. The standard InChI is InChI=1S/C18H26O/c1-5-6-11-19-18(13-14(2)3)10-9-16-8-7-15(4)12-17(16)18/h7-8,12H,2,5-6,9-11,13H2,1,3-4H3. The number of fused-ring (bicyclic) bond motifs is 1. The minimum atomic E-state index is -0.109. The van der Waals surface area contributed by atoms with Crippen LogP contribution < -0.4 is 0 Å². The van der Waals surface area contributed by atoms with E-state index in [-0.39, 0.29) is 5.60 Å². The SMILES string of the molecule is C=C(C)CC1(OCCCC)CCc2ccc(C)cc21. The Balaban J connectivity index is 2.30. The first-order valence-electron chi connectivity index (χ1n) is 7.46. The van der Waals surface area contributed by atoms with Crippen molar-refractivity contribution in [3.63, 3.8) is 0 Å². The predicted octanol–water partition coefficient (Wildman–Crippen LogP) is 4.92. The fraction of sp³-hybridized carbons (Fsp3) is 0.556. The lowest BCUT2D eigenvalue weighted by Crippen LogP contribution is -2.28. The summed E-state index contributed by atoms with van der Waals surface area (Å²) in [7, 11) is 0. The van der Waals surface area contributed by atoms with E-state index in [9.17, 15) is 0 Å². The fourth-order valence-corrected chi connectivity index (χ4v) is 3.09. The molecule has 1 unspecified atom stereocenters. The van der Waals surface area contributed by atoms with Crippen molar-refractivity contribution >= 4 is 0 Å². The van der Waals surface area contributed by atoms with Crippen LogP contribution in [0.1, 0.15) is 56.2 Å². The Morgan fingerprint density at radius 2 is 2.21 bits per heavy atom. The molecule has 0 N–H and O–H groups in total. The van der Waals surface area contributed by atoms with E-state index in [0.29, 0.717) is 0 Å². The second kappa shape index (κ2) is 5.92. The molecule has 104 valence electrons. The number of ether oxygens (including phenoxy) is 1. The van der Waals surface area contributed by atoms with Gasteiger partial charge in [0.2, 0.25) is 0 Å². The first kappa shape index (κ1) is 14.3. The van der Waals surface area contributed by atoms with Gasteiger partial charge < -0.3 is 4.74 Å². The number of hydrogen-bond acceptors (Lipinski definition) is 1. The van der Waals surface area contributed by atoms with E-state index in [1.807, 2.05) is 0 Å². The van der Waals surface area contributed by atoms with Gasteiger partial charge in [-0.15, -0.1) is 6.58 Å². The Morgan fingerprint density at radius 1 is 1.42 bits per heavy atom. The van der Waals surface area contributed by atoms with Gasteiger partial charge in [0.1, 0.15) is 0 Å². The van der Waals surface area contributed by atoms with E-state index in [4.69, 9.17) is 4.74 Å². The molecule has 0 bridgehead atoms. The largest absolute Gasteiger partial charge is 0.370 e. The van der Waals surface area contributed by atoms with Crippen molar-refractivity contribution in [1.29, 1.82) is 0 Å². The van der Waals surface area contributed by atoms with Crippen LogP contribution in [0, 0.1) is 6.92 Å². The third-order valence-corrected chi connectivity index (χ3v) is 4.02. The molecule has 0 aromatic heterocycles. The lowest BCUT2D eigenvalue weighted by atomic mass is 9.88. The Kier molecular flexibility index (Phi) is 4.46. The zero-order chi connectivity index (χ0) is 13.9. The molecule has 0 amide bonds. The third kappa shape index (κ3) is 3.09. The Hall–Kier alpha value is -1.08. The van der Waals surface area contributed by atoms with Gasteiger partial charge in [0.15, 0.2) is 0 Å². The number of benzene rings is 1. The summed E-state index contributed by atoms with van der Waals surface area (Å²) >= 11 is 0. The summed E-state index contributed by atoms with van der Waals surface area (Å²) in [6.45, 7) is 11.4. The highest BCUT2D eigenvalue weighted by Gasteiger charge is 2.39. The minimum absolute atomic E-state index is 0.109. The van der Waals surface area contributed by atoms with Crippen LogP contribution >= 0.6 is 0 Å². The van der Waals surface area contributed by atoms with Crippen molar-refractivity contribution in [1.82, 2.24) is 0 Å². The lowest BCUT2D eigenvalue weighted by molar-refractivity contribution is -0.0503. The molecule has 19 heavy (non-hydrogen) atoms. The van der Waals surface area contributed by atoms with Crippen LogP contribution in [0.5, 0.6) is 0 Å². The molecule has 1 aliphatic rings. The van der Waals surface area contributed by atoms with Gasteiger partial charge in [-0.2, -0.15) is 0 Å². The normalized spacial score (nSPS) is 21.4. The van der Waals surface area contributed by atoms with Crippen molar-refractivity contribution < 1.29 is 4.74 Å². The van der Waals surface area contributed by atoms with Crippen LogP contribution in [0.4, 0.5) is 0 Å². The van der Waals surface area contributed by atoms with Gasteiger partial charge >= 0.3 is 0 Å². The average Bonchev–Trinajstić information content (AvgIpc) is 2.68. The van der Waals surface area contributed by atoms with Crippen LogP contribution in [-0.4, -0.2) is 6.61 Å². The van der Waals surface area contributed by atoms with E-state index in [0.717, 1.165) is 32.3 Å². The van der Waals surface area contributed by atoms with E-state index >= 15 is 0 Å². The zero-order valence-electron chi connectivity index (χ0n) is 12.6. The number of aryl methyl sites for hydroxylation is 2. The minimum Gasteiger partial charge on any atom is -0.370 e. The second-order valence-corrected chi connectivity index (χ2v) is 5.99. The van der Waals surface area contributed by atoms with Crippen LogP contribution in [0.25, 0.3) is 0 Å². The summed E-state index contributed by atoms with van der Waals surface area (Å²) in [5, 5.41) is 0. The highest BCUT2D eigenvalue weighted by atomic mass is 16.5. The molecule has 0 saturated heterocycles. The summed E-state index contributed by atoms with van der Waals surface area (Å²) in [6, 6.07) is 6.80. The molecule has 0 spiro atoms. The summed E-state index contributed by atoms with van der Waals surface area (Å²) in [5.74, 6) is 0. The monoisotopic (exact) mass is 258 g/mol. The topological polar surface area (TPSA) is 9.23 Å². The quantitative estimate of drug-likeness (QED) is 0.520.